The molecular formula is C7H7ClO3. The topological polar surface area (TPSA) is 50.4 Å². The lowest BCUT2D eigenvalue weighted by Gasteiger charge is -1.90. The van der Waals surface area contributed by atoms with Gasteiger partial charge in [0.05, 0.1) is 5.88 Å². The minimum atomic E-state index is -0.984. The second-order valence-electron chi connectivity index (χ2n) is 2.14. The molecule has 0 aromatic carbocycles. The Kier molecular flexibility index (Phi) is 2.19. The zero-order valence-electron chi connectivity index (χ0n) is 5.93. The van der Waals surface area contributed by atoms with Gasteiger partial charge in [-0.15, -0.1) is 11.6 Å². The SMILES string of the molecule is Cc1c(C(=O)O)coc1CCl. The first-order chi connectivity index (χ1) is 5.16. The molecule has 3 nitrogen and oxygen atoms in total. The molecule has 0 aliphatic heterocycles. The number of carboxylic acids is 1. The zero-order chi connectivity index (χ0) is 8.43. The zero-order valence-corrected chi connectivity index (χ0v) is 6.68. The second-order valence-corrected chi connectivity index (χ2v) is 2.40. The molecule has 4 heteroatoms. The molecule has 0 fully saturated rings. The van der Waals surface area contributed by atoms with Gasteiger partial charge in [-0.3, -0.25) is 0 Å². The molecule has 0 saturated heterocycles. The molecule has 1 rings (SSSR count). The van der Waals surface area contributed by atoms with Crippen LogP contribution < -0.4 is 0 Å². The van der Waals surface area contributed by atoms with Gasteiger partial charge in [-0.1, -0.05) is 0 Å². The van der Waals surface area contributed by atoms with Crippen LogP contribution in [0.25, 0.3) is 0 Å². The van der Waals surface area contributed by atoms with E-state index < -0.39 is 5.97 Å². The van der Waals surface area contributed by atoms with E-state index in [9.17, 15) is 4.79 Å². The smallest absolute Gasteiger partial charge is 0.339 e. The molecule has 1 N–H and O–H groups in total. The molecule has 60 valence electrons. The molecule has 0 saturated carbocycles. The number of hydrogen-bond acceptors (Lipinski definition) is 2. The Morgan fingerprint density at radius 2 is 2.45 bits per heavy atom. The minimum absolute atomic E-state index is 0.181. The fraction of sp³-hybridized carbons (Fsp3) is 0.286. The Bertz CT molecular complexity index is 277. The average molecular weight is 175 g/mol. The highest BCUT2D eigenvalue weighted by Crippen LogP contribution is 2.17. The van der Waals surface area contributed by atoms with Crippen LogP contribution in [0.15, 0.2) is 10.7 Å². The lowest BCUT2D eigenvalue weighted by Crippen LogP contribution is -1.96. The molecule has 0 atom stereocenters. The van der Waals surface area contributed by atoms with Crippen LogP contribution >= 0.6 is 11.6 Å². The van der Waals surface area contributed by atoms with Crippen molar-refractivity contribution in [3.05, 3.63) is 23.2 Å². The standard InChI is InChI=1S/C7H7ClO3/c1-4-5(7(9)10)3-11-6(4)2-8/h3H,2H2,1H3,(H,9,10). The van der Waals surface area contributed by atoms with Gasteiger partial charge in [0.15, 0.2) is 0 Å². The molecule has 0 amide bonds. The summed E-state index contributed by atoms with van der Waals surface area (Å²) in [6, 6.07) is 0. The van der Waals surface area contributed by atoms with Gasteiger partial charge in [0.25, 0.3) is 0 Å². The van der Waals surface area contributed by atoms with Crippen molar-refractivity contribution in [2.45, 2.75) is 12.8 Å². The van der Waals surface area contributed by atoms with Crippen LogP contribution in [0.2, 0.25) is 0 Å². The fourth-order valence-corrected chi connectivity index (χ4v) is 1.06. The normalized spacial score (nSPS) is 10.0. The Morgan fingerprint density at radius 1 is 1.82 bits per heavy atom. The van der Waals surface area contributed by atoms with Crippen LogP contribution in [0, 0.1) is 6.92 Å². The van der Waals surface area contributed by atoms with Gasteiger partial charge in [0, 0.05) is 5.56 Å². The van der Waals surface area contributed by atoms with E-state index in [4.69, 9.17) is 21.1 Å². The first-order valence-electron chi connectivity index (χ1n) is 3.03. The fourth-order valence-electron chi connectivity index (χ4n) is 0.800. The van der Waals surface area contributed by atoms with Crippen molar-refractivity contribution in [1.82, 2.24) is 0 Å². The summed E-state index contributed by atoms with van der Waals surface area (Å²) < 4.78 is 4.89. The third-order valence-electron chi connectivity index (χ3n) is 1.49. The van der Waals surface area contributed by atoms with E-state index in [1.807, 2.05) is 0 Å². The first-order valence-corrected chi connectivity index (χ1v) is 3.56. The molecule has 0 spiro atoms. The highest BCUT2D eigenvalue weighted by Gasteiger charge is 2.13. The summed E-state index contributed by atoms with van der Waals surface area (Å²) in [5, 5.41) is 8.57. The van der Waals surface area contributed by atoms with Crippen LogP contribution in [-0.2, 0) is 5.88 Å². The summed E-state index contributed by atoms with van der Waals surface area (Å²) >= 11 is 5.46. The quantitative estimate of drug-likeness (QED) is 0.698. The lowest BCUT2D eigenvalue weighted by atomic mass is 10.2. The number of alkyl halides is 1. The molecule has 1 aromatic rings. The third-order valence-corrected chi connectivity index (χ3v) is 1.74. The maximum atomic E-state index is 10.4. The molecule has 0 bridgehead atoms. The van der Waals surface area contributed by atoms with Gasteiger partial charge in [-0.25, -0.2) is 4.79 Å². The molecule has 1 aromatic heterocycles. The molecular weight excluding hydrogens is 168 g/mol. The van der Waals surface area contributed by atoms with Crippen molar-refractivity contribution in [3.8, 4) is 0 Å². The van der Waals surface area contributed by atoms with Crippen molar-refractivity contribution in [1.29, 1.82) is 0 Å². The maximum absolute atomic E-state index is 10.4. The second kappa shape index (κ2) is 2.96. The summed E-state index contributed by atoms with van der Waals surface area (Å²) in [6.07, 6.45) is 1.20. The monoisotopic (exact) mass is 174 g/mol. The van der Waals surface area contributed by atoms with Crippen molar-refractivity contribution in [2.75, 3.05) is 0 Å². The van der Waals surface area contributed by atoms with E-state index in [2.05, 4.69) is 0 Å². The predicted octanol–water partition coefficient (Wildman–Crippen LogP) is 2.03. The molecule has 0 radical (unpaired) electrons. The van der Waals surface area contributed by atoms with Crippen molar-refractivity contribution in [2.24, 2.45) is 0 Å². The number of hydrogen-bond donors (Lipinski definition) is 1. The van der Waals surface area contributed by atoms with Crippen molar-refractivity contribution < 1.29 is 14.3 Å². The largest absolute Gasteiger partial charge is 0.478 e. The van der Waals surface area contributed by atoms with Gasteiger partial charge >= 0.3 is 5.97 Å². The molecule has 0 aliphatic carbocycles. The number of aromatic carboxylic acids is 1. The Balaban J connectivity index is 3.10. The average Bonchev–Trinajstić information content (AvgIpc) is 2.30. The van der Waals surface area contributed by atoms with Gasteiger partial charge in [0.2, 0.25) is 0 Å². The Hall–Kier alpha value is -0.960. The lowest BCUT2D eigenvalue weighted by molar-refractivity contribution is 0.0695. The summed E-state index contributed by atoms with van der Waals surface area (Å²) in [6.45, 7) is 1.67. The Morgan fingerprint density at radius 3 is 2.73 bits per heavy atom. The van der Waals surface area contributed by atoms with Crippen molar-refractivity contribution in [3.63, 3.8) is 0 Å². The number of rotatable bonds is 2. The van der Waals surface area contributed by atoms with Gasteiger partial charge < -0.3 is 9.52 Å². The highest BCUT2D eigenvalue weighted by atomic mass is 35.5. The number of carbonyl (C=O) groups is 1. The number of furan rings is 1. The number of halogens is 1. The summed E-state index contributed by atoms with van der Waals surface area (Å²) in [5.74, 6) is -0.259. The van der Waals surface area contributed by atoms with E-state index in [-0.39, 0.29) is 11.4 Å². The van der Waals surface area contributed by atoms with Crippen LogP contribution in [0.5, 0.6) is 0 Å². The van der Waals surface area contributed by atoms with E-state index in [0.29, 0.717) is 11.3 Å². The third kappa shape index (κ3) is 1.38. The van der Waals surface area contributed by atoms with Crippen molar-refractivity contribution >= 4 is 17.6 Å². The molecule has 0 unspecified atom stereocenters. The number of carboxylic acid groups (broad SMARTS) is 1. The van der Waals surface area contributed by atoms with Crippen LogP contribution in [0.3, 0.4) is 0 Å². The van der Waals surface area contributed by atoms with E-state index in [1.54, 1.807) is 6.92 Å². The van der Waals surface area contributed by atoms with Gasteiger partial charge in [-0.05, 0) is 6.92 Å². The van der Waals surface area contributed by atoms with Crippen LogP contribution in [0.4, 0.5) is 0 Å². The Labute approximate surface area is 68.6 Å². The van der Waals surface area contributed by atoms with E-state index >= 15 is 0 Å². The van der Waals surface area contributed by atoms with Gasteiger partial charge in [0.1, 0.15) is 17.6 Å². The van der Waals surface area contributed by atoms with E-state index in [1.165, 1.54) is 6.26 Å². The minimum Gasteiger partial charge on any atom is -0.478 e. The molecule has 11 heavy (non-hydrogen) atoms. The van der Waals surface area contributed by atoms with Crippen LogP contribution in [0.1, 0.15) is 21.7 Å². The summed E-state index contributed by atoms with van der Waals surface area (Å²) in [7, 11) is 0. The summed E-state index contributed by atoms with van der Waals surface area (Å²) in [5.41, 5.74) is 0.785. The summed E-state index contributed by atoms with van der Waals surface area (Å²) in [4.78, 5) is 10.4. The van der Waals surface area contributed by atoms with Gasteiger partial charge in [-0.2, -0.15) is 0 Å². The molecule has 0 aliphatic rings. The maximum Gasteiger partial charge on any atom is 0.339 e. The van der Waals surface area contributed by atoms with Crippen LogP contribution in [-0.4, -0.2) is 11.1 Å². The highest BCUT2D eigenvalue weighted by molar-refractivity contribution is 6.17. The van der Waals surface area contributed by atoms with E-state index in [0.717, 1.165) is 0 Å². The molecule has 1 heterocycles. The predicted molar refractivity (Wildman–Crippen MR) is 40.0 cm³/mol. The first kappa shape index (κ1) is 8.14.